The Hall–Kier alpha value is -3.09. The maximum atomic E-state index is 13.6. The van der Waals surface area contributed by atoms with E-state index in [1.807, 2.05) is 44.2 Å². The molecule has 6 nitrogen and oxygen atoms in total. The van der Waals surface area contributed by atoms with Crippen LogP contribution in [0.5, 0.6) is 0 Å². The number of rotatable bonds is 8. The van der Waals surface area contributed by atoms with E-state index in [0.29, 0.717) is 27.8 Å². The second-order valence-electron chi connectivity index (χ2n) is 9.16. The summed E-state index contributed by atoms with van der Waals surface area (Å²) in [6.07, 6.45) is 0. The predicted octanol–water partition coefficient (Wildman–Crippen LogP) is 5.30. The molecule has 0 spiro atoms. The third-order valence-electron chi connectivity index (χ3n) is 6.13. The molecule has 0 aromatic heterocycles. The molecule has 0 fully saturated rings. The Labute approximate surface area is 214 Å². The smallest absolute Gasteiger partial charge is 0.259 e. The normalized spacial score (nSPS) is 13.4. The van der Waals surface area contributed by atoms with Crippen LogP contribution in [0.4, 0.5) is 5.69 Å². The monoisotopic (exact) mass is 511 g/mol. The van der Waals surface area contributed by atoms with Gasteiger partial charge < -0.3 is 10.2 Å². The first-order valence-corrected chi connectivity index (χ1v) is 12.3. The van der Waals surface area contributed by atoms with E-state index >= 15 is 0 Å². The SMILES string of the molecule is CC(C)CNC(=O)C(C)N(Cc1ccc(Cl)c(Cl)c1)C(=O)CN1C(=O)c2cccc3cccc1c23. The number of hydrogen-bond donors (Lipinski definition) is 1. The molecule has 0 aliphatic carbocycles. The number of nitrogens with zero attached hydrogens (tertiary/aromatic N) is 2. The summed E-state index contributed by atoms with van der Waals surface area (Å²) in [4.78, 5) is 42.7. The van der Waals surface area contributed by atoms with Crippen molar-refractivity contribution in [1.82, 2.24) is 10.2 Å². The third kappa shape index (κ3) is 5.14. The number of hydrogen-bond acceptors (Lipinski definition) is 3. The van der Waals surface area contributed by atoms with Crippen molar-refractivity contribution in [1.29, 1.82) is 0 Å². The van der Waals surface area contributed by atoms with Gasteiger partial charge >= 0.3 is 0 Å². The topological polar surface area (TPSA) is 69.7 Å². The van der Waals surface area contributed by atoms with Crippen molar-refractivity contribution in [2.24, 2.45) is 5.92 Å². The molecule has 1 aliphatic rings. The van der Waals surface area contributed by atoms with Crippen LogP contribution in [0.2, 0.25) is 10.0 Å². The summed E-state index contributed by atoms with van der Waals surface area (Å²) in [7, 11) is 0. The van der Waals surface area contributed by atoms with E-state index in [2.05, 4.69) is 5.32 Å². The third-order valence-corrected chi connectivity index (χ3v) is 6.87. The molecule has 1 aliphatic heterocycles. The predicted molar refractivity (Wildman–Crippen MR) is 140 cm³/mol. The summed E-state index contributed by atoms with van der Waals surface area (Å²) in [5, 5.41) is 5.45. The molecular weight excluding hydrogens is 485 g/mol. The van der Waals surface area contributed by atoms with E-state index < -0.39 is 6.04 Å². The molecule has 0 radical (unpaired) electrons. The van der Waals surface area contributed by atoms with Crippen molar-refractivity contribution in [2.45, 2.75) is 33.4 Å². The maximum absolute atomic E-state index is 13.6. The number of anilines is 1. The van der Waals surface area contributed by atoms with Crippen LogP contribution in [0.15, 0.2) is 54.6 Å². The molecule has 8 heteroatoms. The number of amides is 3. The van der Waals surface area contributed by atoms with Crippen molar-refractivity contribution in [3.05, 3.63) is 75.8 Å². The Morgan fingerprint density at radius 3 is 2.40 bits per heavy atom. The summed E-state index contributed by atoms with van der Waals surface area (Å²) in [6, 6.07) is 15.6. The van der Waals surface area contributed by atoms with E-state index in [1.165, 1.54) is 9.80 Å². The molecule has 3 aromatic rings. The van der Waals surface area contributed by atoms with Crippen molar-refractivity contribution >= 4 is 57.4 Å². The van der Waals surface area contributed by atoms with Crippen LogP contribution in [0.1, 0.15) is 36.7 Å². The van der Waals surface area contributed by atoms with E-state index in [1.54, 1.807) is 31.2 Å². The van der Waals surface area contributed by atoms with Gasteiger partial charge in [-0.05, 0) is 48.1 Å². The van der Waals surface area contributed by atoms with Crippen LogP contribution in [0.3, 0.4) is 0 Å². The molecule has 1 unspecified atom stereocenters. The number of carbonyl (C=O) groups is 3. The van der Waals surface area contributed by atoms with E-state index in [0.717, 1.165) is 16.3 Å². The minimum atomic E-state index is -0.758. The largest absolute Gasteiger partial charge is 0.354 e. The summed E-state index contributed by atoms with van der Waals surface area (Å²) >= 11 is 12.2. The summed E-state index contributed by atoms with van der Waals surface area (Å²) < 4.78 is 0. The molecule has 0 saturated carbocycles. The number of nitrogens with one attached hydrogen (secondary N) is 1. The quantitative estimate of drug-likeness (QED) is 0.446. The fraction of sp³-hybridized carbons (Fsp3) is 0.296. The highest BCUT2D eigenvalue weighted by Gasteiger charge is 2.34. The fourth-order valence-electron chi connectivity index (χ4n) is 4.23. The lowest BCUT2D eigenvalue weighted by molar-refractivity contribution is -0.139. The van der Waals surface area contributed by atoms with Gasteiger partial charge in [0.25, 0.3) is 5.91 Å². The van der Waals surface area contributed by atoms with Gasteiger partial charge in [0, 0.05) is 24.0 Å². The Balaban J connectivity index is 1.62. The first-order chi connectivity index (χ1) is 16.7. The van der Waals surface area contributed by atoms with Crippen molar-refractivity contribution in [3.8, 4) is 0 Å². The van der Waals surface area contributed by atoms with Gasteiger partial charge in [-0.15, -0.1) is 0 Å². The van der Waals surface area contributed by atoms with E-state index in [-0.39, 0.29) is 36.7 Å². The Morgan fingerprint density at radius 1 is 1.00 bits per heavy atom. The zero-order chi connectivity index (χ0) is 25.3. The molecule has 3 amide bonds. The minimum Gasteiger partial charge on any atom is -0.354 e. The summed E-state index contributed by atoms with van der Waals surface area (Å²) in [5.41, 5.74) is 2.00. The molecule has 35 heavy (non-hydrogen) atoms. The van der Waals surface area contributed by atoms with Crippen LogP contribution >= 0.6 is 23.2 Å². The van der Waals surface area contributed by atoms with Gasteiger partial charge in [0.15, 0.2) is 0 Å². The second kappa shape index (κ2) is 10.3. The Kier molecular flexibility index (Phi) is 7.33. The summed E-state index contributed by atoms with van der Waals surface area (Å²) in [5.74, 6) is -0.560. The highest BCUT2D eigenvalue weighted by atomic mass is 35.5. The lowest BCUT2D eigenvalue weighted by Gasteiger charge is -2.31. The van der Waals surface area contributed by atoms with Gasteiger partial charge in [0.1, 0.15) is 12.6 Å². The van der Waals surface area contributed by atoms with Crippen molar-refractivity contribution in [3.63, 3.8) is 0 Å². The van der Waals surface area contributed by atoms with Gasteiger partial charge in [0.05, 0.1) is 15.7 Å². The van der Waals surface area contributed by atoms with Crippen LogP contribution in [-0.4, -0.2) is 41.8 Å². The zero-order valence-corrected chi connectivity index (χ0v) is 21.4. The number of carbonyl (C=O) groups excluding carboxylic acids is 3. The average molecular weight is 512 g/mol. The minimum absolute atomic E-state index is 0.144. The second-order valence-corrected chi connectivity index (χ2v) is 9.97. The Morgan fingerprint density at radius 2 is 1.71 bits per heavy atom. The Bertz CT molecular complexity index is 1300. The number of halogens is 2. The maximum Gasteiger partial charge on any atom is 0.259 e. The van der Waals surface area contributed by atoms with Gasteiger partial charge in [0.2, 0.25) is 11.8 Å². The molecule has 1 N–H and O–H groups in total. The lowest BCUT2D eigenvalue weighted by Crippen LogP contribution is -2.51. The van der Waals surface area contributed by atoms with Crippen LogP contribution in [0, 0.1) is 5.92 Å². The molecule has 3 aromatic carbocycles. The van der Waals surface area contributed by atoms with Gasteiger partial charge in [-0.2, -0.15) is 0 Å². The number of benzene rings is 3. The standard InChI is InChI=1S/C27H27Cl2N3O3/c1-16(2)13-30-26(34)17(3)31(14-18-10-11-21(28)22(29)12-18)24(33)15-32-23-9-5-7-19-6-4-8-20(25(19)23)27(32)35/h4-12,16-17H,13-15H2,1-3H3,(H,30,34). The van der Waals surface area contributed by atoms with Crippen LogP contribution in [-0.2, 0) is 16.1 Å². The van der Waals surface area contributed by atoms with E-state index in [4.69, 9.17) is 23.2 Å². The van der Waals surface area contributed by atoms with Crippen molar-refractivity contribution < 1.29 is 14.4 Å². The van der Waals surface area contributed by atoms with Crippen molar-refractivity contribution in [2.75, 3.05) is 18.0 Å². The first kappa shape index (κ1) is 25.0. The van der Waals surface area contributed by atoms with Gasteiger partial charge in [-0.3, -0.25) is 19.3 Å². The molecule has 182 valence electrons. The van der Waals surface area contributed by atoms with Crippen LogP contribution in [0.25, 0.3) is 10.8 Å². The molecule has 0 saturated heterocycles. The molecule has 1 heterocycles. The molecule has 4 rings (SSSR count). The lowest BCUT2D eigenvalue weighted by atomic mass is 10.1. The zero-order valence-electron chi connectivity index (χ0n) is 19.8. The molecular formula is C27H27Cl2N3O3. The first-order valence-electron chi connectivity index (χ1n) is 11.5. The highest BCUT2D eigenvalue weighted by molar-refractivity contribution is 6.42. The van der Waals surface area contributed by atoms with Crippen LogP contribution < -0.4 is 10.2 Å². The highest BCUT2D eigenvalue weighted by Crippen LogP contribution is 2.37. The van der Waals surface area contributed by atoms with Gasteiger partial charge in [-0.25, -0.2) is 0 Å². The van der Waals surface area contributed by atoms with Gasteiger partial charge in [-0.1, -0.05) is 67.4 Å². The molecule has 1 atom stereocenters. The summed E-state index contributed by atoms with van der Waals surface area (Å²) in [6.45, 7) is 6.15. The fourth-order valence-corrected chi connectivity index (χ4v) is 4.55. The molecule has 0 bridgehead atoms. The van der Waals surface area contributed by atoms with E-state index in [9.17, 15) is 14.4 Å². The average Bonchev–Trinajstić information content (AvgIpc) is 3.10.